The summed E-state index contributed by atoms with van der Waals surface area (Å²) in [6, 6.07) is 29.1. The van der Waals surface area contributed by atoms with E-state index in [1.807, 2.05) is 103 Å². The fraction of sp³-hybridized carbons (Fsp3) is 0.114. The van der Waals surface area contributed by atoms with Gasteiger partial charge in [-0.05, 0) is 94.2 Å². The molecule has 0 bridgehead atoms. The van der Waals surface area contributed by atoms with Crippen LogP contribution < -0.4 is 29.7 Å². The molecular formula is C35H27BrClN3O4S. The molecule has 1 aromatic heterocycles. The Morgan fingerprint density at radius 2 is 1.84 bits per heavy atom. The standard InChI is InChI=1S/C35H27BrClN3O4S/c1-21-31(33(41)39-26-11-4-3-5-12-26)32(24-9-7-13-27(19-24)43-2)40-34(42)30(45-35(40)38-21)18-22-14-15-29(28(36)17-22)44-20-23-8-6-10-25(37)16-23/h3-19,32H,20H2,1-2H3,(H,39,41)/b30-18-/t32-/m1/s1. The van der Waals surface area contributed by atoms with Crippen LogP contribution in [0.25, 0.3) is 6.08 Å². The van der Waals surface area contributed by atoms with Gasteiger partial charge in [0.1, 0.15) is 18.1 Å². The second kappa shape index (κ2) is 13.3. The Hall–Kier alpha value is -4.44. The van der Waals surface area contributed by atoms with E-state index in [9.17, 15) is 9.59 Å². The molecule has 1 aliphatic heterocycles. The molecule has 0 saturated heterocycles. The van der Waals surface area contributed by atoms with Gasteiger partial charge in [-0.2, -0.15) is 0 Å². The van der Waals surface area contributed by atoms with Crippen molar-refractivity contribution in [2.75, 3.05) is 12.4 Å². The number of methoxy groups -OCH3 is 1. The summed E-state index contributed by atoms with van der Waals surface area (Å²) in [7, 11) is 1.58. The number of thiazole rings is 1. The summed E-state index contributed by atoms with van der Waals surface area (Å²) in [5.74, 6) is 0.952. The Morgan fingerprint density at radius 3 is 2.60 bits per heavy atom. The molecule has 226 valence electrons. The van der Waals surface area contributed by atoms with E-state index in [1.54, 1.807) is 18.6 Å². The molecule has 0 fully saturated rings. The van der Waals surface area contributed by atoms with Gasteiger partial charge in [0.15, 0.2) is 4.80 Å². The number of nitrogens with zero attached hydrogens (tertiary/aromatic N) is 2. The molecule has 1 atom stereocenters. The predicted molar refractivity (Wildman–Crippen MR) is 182 cm³/mol. The molecule has 45 heavy (non-hydrogen) atoms. The van der Waals surface area contributed by atoms with Crippen LogP contribution in [0.2, 0.25) is 5.02 Å². The minimum absolute atomic E-state index is 0.249. The first-order chi connectivity index (χ1) is 21.8. The molecular weight excluding hydrogens is 674 g/mol. The highest BCUT2D eigenvalue weighted by molar-refractivity contribution is 9.10. The first kappa shape index (κ1) is 30.6. The van der Waals surface area contributed by atoms with Crippen molar-refractivity contribution < 1.29 is 14.3 Å². The fourth-order valence-electron chi connectivity index (χ4n) is 5.12. The van der Waals surface area contributed by atoms with Crippen molar-refractivity contribution >= 4 is 56.5 Å². The summed E-state index contributed by atoms with van der Waals surface area (Å²) in [4.78, 5) is 33.1. The van der Waals surface area contributed by atoms with Crippen molar-refractivity contribution in [2.45, 2.75) is 19.6 Å². The molecule has 0 saturated carbocycles. The lowest BCUT2D eigenvalue weighted by Gasteiger charge is -2.25. The Bertz CT molecular complexity index is 2120. The van der Waals surface area contributed by atoms with E-state index in [0.29, 0.717) is 49.4 Å². The zero-order valence-corrected chi connectivity index (χ0v) is 27.4. The van der Waals surface area contributed by atoms with Gasteiger partial charge < -0.3 is 14.8 Å². The number of carbonyl (C=O) groups excluding carboxylic acids is 1. The minimum atomic E-state index is -0.712. The average molecular weight is 701 g/mol. The minimum Gasteiger partial charge on any atom is -0.497 e. The Labute approximate surface area is 276 Å². The van der Waals surface area contributed by atoms with Crippen LogP contribution in [-0.2, 0) is 11.4 Å². The smallest absolute Gasteiger partial charge is 0.271 e. The highest BCUT2D eigenvalue weighted by Crippen LogP contribution is 2.33. The van der Waals surface area contributed by atoms with Crippen LogP contribution in [0.3, 0.4) is 0 Å². The SMILES string of the molecule is COc1cccc([C@@H]2C(C(=O)Nc3ccccc3)=C(C)N=c3s/c(=C\c4ccc(OCc5cccc(Cl)c5)c(Br)c4)c(=O)n32)c1. The molecule has 0 aliphatic carbocycles. The number of fused-ring (bicyclic) bond motifs is 1. The number of amides is 1. The molecule has 4 aromatic carbocycles. The summed E-state index contributed by atoms with van der Waals surface area (Å²) in [5.41, 5.74) is 3.81. The molecule has 5 aromatic rings. The number of aromatic nitrogens is 1. The lowest BCUT2D eigenvalue weighted by molar-refractivity contribution is -0.113. The zero-order chi connectivity index (χ0) is 31.5. The average Bonchev–Trinajstić information content (AvgIpc) is 3.34. The summed E-state index contributed by atoms with van der Waals surface area (Å²) in [6.07, 6.45) is 1.82. The normalized spacial score (nSPS) is 14.5. The second-order valence-electron chi connectivity index (χ2n) is 10.3. The lowest BCUT2D eigenvalue weighted by atomic mass is 9.95. The third kappa shape index (κ3) is 6.66. The third-order valence-corrected chi connectivity index (χ3v) is 9.08. The van der Waals surface area contributed by atoms with E-state index in [2.05, 4.69) is 21.2 Å². The van der Waals surface area contributed by atoms with Gasteiger partial charge in [0.2, 0.25) is 0 Å². The number of ether oxygens (including phenoxy) is 2. The quantitative estimate of drug-likeness (QED) is 0.192. The van der Waals surface area contributed by atoms with Crippen molar-refractivity contribution in [3.05, 3.63) is 154 Å². The zero-order valence-electron chi connectivity index (χ0n) is 24.3. The molecule has 2 heterocycles. The van der Waals surface area contributed by atoms with E-state index in [-0.39, 0.29) is 11.5 Å². The first-order valence-electron chi connectivity index (χ1n) is 14.0. The highest BCUT2D eigenvalue weighted by atomic mass is 79.9. The van der Waals surface area contributed by atoms with Gasteiger partial charge >= 0.3 is 0 Å². The number of para-hydroxylation sites is 1. The number of allylic oxidation sites excluding steroid dienone is 1. The Kier molecular flexibility index (Phi) is 9.02. The van der Waals surface area contributed by atoms with E-state index in [4.69, 9.17) is 26.1 Å². The van der Waals surface area contributed by atoms with Gasteiger partial charge in [-0.25, -0.2) is 4.99 Å². The number of hydrogen-bond donors (Lipinski definition) is 1. The fourth-order valence-corrected chi connectivity index (χ4v) is 6.89. The van der Waals surface area contributed by atoms with Crippen LogP contribution in [-0.4, -0.2) is 17.6 Å². The van der Waals surface area contributed by atoms with Crippen molar-refractivity contribution in [2.24, 2.45) is 4.99 Å². The van der Waals surface area contributed by atoms with Crippen LogP contribution >= 0.6 is 38.9 Å². The maximum Gasteiger partial charge on any atom is 0.271 e. The molecule has 0 spiro atoms. The number of nitrogens with one attached hydrogen (secondary N) is 1. The summed E-state index contributed by atoms with van der Waals surface area (Å²) >= 11 is 11.0. The highest BCUT2D eigenvalue weighted by Gasteiger charge is 2.32. The molecule has 1 N–H and O–H groups in total. The van der Waals surface area contributed by atoms with Gasteiger partial charge in [0.25, 0.3) is 11.5 Å². The number of anilines is 1. The monoisotopic (exact) mass is 699 g/mol. The molecule has 7 nitrogen and oxygen atoms in total. The summed E-state index contributed by atoms with van der Waals surface area (Å²) in [5, 5.41) is 3.62. The Balaban J connectivity index is 1.37. The molecule has 0 radical (unpaired) electrons. The Morgan fingerprint density at radius 1 is 1.04 bits per heavy atom. The van der Waals surface area contributed by atoms with Gasteiger partial charge in [0.05, 0.1) is 33.4 Å². The largest absolute Gasteiger partial charge is 0.497 e. The molecule has 1 aliphatic rings. The molecule has 1 amide bonds. The third-order valence-electron chi connectivity index (χ3n) is 7.24. The number of halogens is 2. The van der Waals surface area contributed by atoms with Crippen molar-refractivity contribution in [3.8, 4) is 11.5 Å². The topological polar surface area (TPSA) is 81.9 Å². The van der Waals surface area contributed by atoms with Crippen LogP contribution in [0.5, 0.6) is 11.5 Å². The van der Waals surface area contributed by atoms with Crippen molar-refractivity contribution in [1.82, 2.24) is 4.57 Å². The molecule has 10 heteroatoms. The van der Waals surface area contributed by atoms with Gasteiger partial charge in [-0.3, -0.25) is 14.2 Å². The van der Waals surface area contributed by atoms with Crippen LogP contribution in [0.1, 0.15) is 29.7 Å². The maximum atomic E-state index is 14.1. The van der Waals surface area contributed by atoms with Crippen molar-refractivity contribution in [1.29, 1.82) is 0 Å². The number of hydrogen-bond acceptors (Lipinski definition) is 6. The van der Waals surface area contributed by atoms with Crippen molar-refractivity contribution in [3.63, 3.8) is 0 Å². The predicted octanol–water partition coefficient (Wildman–Crippen LogP) is 6.88. The maximum absolute atomic E-state index is 14.1. The van der Waals surface area contributed by atoms with Crippen LogP contribution in [0, 0.1) is 0 Å². The first-order valence-corrected chi connectivity index (χ1v) is 16.0. The molecule has 0 unspecified atom stereocenters. The van der Waals surface area contributed by atoms with Crippen LogP contribution in [0.4, 0.5) is 5.69 Å². The van der Waals surface area contributed by atoms with E-state index >= 15 is 0 Å². The van der Waals surface area contributed by atoms with E-state index < -0.39 is 6.04 Å². The number of rotatable bonds is 8. The van der Waals surface area contributed by atoms with Gasteiger partial charge in [-0.15, -0.1) is 0 Å². The molecule has 6 rings (SSSR count). The number of carbonyl (C=O) groups is 1. The second-order valence-corrected chi connectivity index (χ2v) is 12.6. The van der Waals surface area contributed by atoms with E-state index in [1.165, 1.54) is 11.3 Å². The van der Waals surface area contributed by atoms with Gasteiger partial charge in [0, 0.05) is 10.7 Å². The summed E-state index contributed by atoms with van der Waals surface area (Å²) < 4.78 is 14.3. The van der Waals surface area contributed by atoms with Crippen LogP contribution in [0.15, 0.2) is 123 Å². The summed E-state index contributed by atoms with van der Waals surface area (Å²) in [6.45, 7) is 2.16. The lowest BCUT2D eigenvalue weighted by Crippen LogP contribution is -2.40. The van der Waals surface area contributed by atoms with Gasteiger partial charge in [-0.1, -0.05) is 71.5 Å². The number of benzene rings is 4. The van der Waals surface area contributed by atoms with E-state index in [0.717, 1.165) is 21.2 Å².